The summed E-state index contributed by atoms with van der Waals surface area (Å²) in [7, 11) is 7.11. The van der Waals surface area contributed by atoms with Crippen molar-refractivity contribution in [3.63, 3.8) is 0 Å². The SMILES string of the molecule is C=C1C(=O)CN(C(=O)OC(C)(C)C)[C@@H]1C(=O)OC(C)(C)C.C=C1[C@@H](C(=O)OC(C)(C)C)N(C(=O)OC(C)(C)C)C[C@H]1O.CC(C)(C)OC(=O)[C@@H]1CC(=O)CN1C(=O)OC(C)(C)C.CN(C)/C=C1/C(=O)CN(C(=O)OC(C)(C)C)[C@@H]1C(=O)OC(C)(C)C.CN(C)CC1C(=O)CN(C(=O)OC(C)(C)C)[C@@H]1C(=O)OC(C)(C)C.C[C@@H]1[C@H](O)CN(C(=O)OC(C)(C)C)[C@@H]1C(=O)OC(C)(C)C.[B].[Cl][Ce]([Cl])[Cl].[Na]. The van der Waals surface area contributed by atoms with Gasteiger partial charge in [0.15, 0.2) is 41.3 Å². The van der Waals surface area contributed by atoms with Crippen LogP contribution in [0, 0.1) is 42.5 Å². The Bertz CT molecular complexity index is 4220. The smallest absolute Gasteiger partial charge is 0 e. The standard InChI is InChI=1S/C17H30N2O5.C17H28N2O5.C15H27NO5.C15H25NO5.C15H23NO5.C14H23NO5.B.Ce.3ClH.Na/c2*1-16(2,3)23-14(21)13-11(9-18(7)8)12(20)10-19(13)15(22)24-17(4,5)6;3*1-9-10(17)8-16(13(19)21-15(5,6)7)11(9)12(18)20-14(2,3)4;1-13(2,3)19-11(17)10-7-9(16)8-15(10)12(18)20-14(4,5)6;;;;;;/h11,13H,9-10H2,1-8H3;9,13H,10H2,1-8H3;9-11,17H,8H2,1-7H3;10-11,17H,1,8H2,2-7H3;11H,1,8H2,2-7H3;10H,7-8H2,1-6H3;;;3*1H;/q;;;;;;;+3;;;;/p-3/b;11-9-;;;;;;;;;;/t11?,13-;13-;9-,10-,11+;10-,11+;11-;10-;;;;;;/m001100....../s1. The molecule has 0 aliphatic carbocycles. The van der Waals surface area contributed by atoms with Gasteiger partial charge in [-0.15, -0.1) is 0 Å². The normalized spacial score (nSPS) is 21.2. The number of Topliss-reactive ketones (excluding diaryl/α,β-unsaturated/α-hetero) is 4. The van der Waals surface area contributed by atoms with Crippen LogP contribution in [0.15, 0.2) is 36.1 Å². The number of nitrogens with zero attached hydrogens (tertiary/aromatic N) is 8. The summed E-state index contributed by atoms with van der Waals surface area (Å²) in [5.41, 5.74) is 7.23. The van der Waals surface area contributed by atoms with Gasteiger partial charge in [0.1, 0.15) is 85.3 Å². The third-order valence-electron chi connectivity index (χ3n) is 17.0. The molecule has 0 aromatic rings. The van der Waals surface area contributed by atoms with Crippen LogP contribution in [0.3, 0.4) is 0 Å². The number of carbonyl (C=O) groups is 16. The Morgan fingerprint density at radius 1 is 0.380 bits per heavy atom. The first-order valence-corrected chi connectivity index (χ1v) is 55.9. The van der Waals surface area contributed by atoms with Gasteiger partial charge in [0, 0.05) is 88.3 Å². The van der Waals surface area contributed by atoms with Crippen molar-refractivity contribution in [2.75, 3.05) is 74.0 Å². The zero-order valence-corrected chi connectivity index (χ0v) is 96.4. The minimum Gasteiger partial charge on any atom is 0 e. The van der Waals surface area contributed by atoms with E-state index in [0.29, 0.717) is 6.54 Å². The number of esters is 6. The number of β-amino-alcohol motifs (C(OH)–C–C–N with tert-alkyl or cyclic N) is 2. The molecule has 6 heterocycles. The maximum Gasteiger partial charge on any atom is 0 e. The maximum absolute atomic E-state index is 12.6. The first kappa shape index (κ1) is 134. The zero-order valence-electron chi connectivity index (χ0n) is 89.0. The molecule has 38 nitrogen and oxygen atoms in total. The molecule has 777 valence electrons. The van der Waals surface area contributed by atoms with Gasteiger partial charge in [-0.25, -0.2) is 57.5 Å². The number of carbonyl (C=O) groups excluding carboxylic acids is 16. The largest absolute Gasteiger partial charge is 0 e. The summed E-state index contributed by atoms with van der Waals surface area (Å²) < 4.78 is 63.6. The van der Waals surface area contributed by atoms with Gasteiger partial charge >= 0.3 is 120 Å². The van der Waals surface area contributed by atoms with Crippen molar-refractivity contribution in [1.29, 1.82) is 0 Å². The van der Waals surface area contributed by atoms with Crippen LogP contribution in [0.2, 0.25) is 0 Å². The summed E-state index contributed by atoms with van der Waals surface area (Å²) in [5, 5.41) is 19.9. The molecule has 6 amide bonds. The molecule has 137 heavy (non-hydrogen) atoms. The molecule has 0 saturated carbocycles. The average Bonchev–Trinajstić information content (AvgIpc) is 1.55. The molecule has 1 unspecified atom stereocenters. The number of aliphatic hydroxyl groups excluding tert-OH is 2. The summed E-state index contributed by atoms with van der Waals surface area (Å²) in [5.74, 6) is -5.63. The average molecular weight is 2150 g/mol. The second-order valence-corrected chi connectivity index (χ2v) is 59.1. The van der Waals surface area contributed by atoms with Crippen LogP contribution in [0.25, 0.3) is 0 Å². The molecule has 6 aliphatic heterocycles. The molecule has 0 bridgehead atoms. The van der Waals surface area contributed by atoms with Crippen molar-refractivity contribution in [3.8, 4) is 0 Å². The minimum absolute atomic E-state index is 0. The van der Waals surface area contributed by atoms with E-state index in [1.165, 1.54) is 9.80 Å². The number of likely N-dealkylation sites (tertiary alicyclic amines) is 6. The summed E-state index contributed by atoms with van der Waals surface area (Å²) in [6, 6.07) is -5.92. The number of ketones is 4. The summed E-state index contributed by atoms with van der Waals surface area (Å²) >= 11 is -2.24. The van der Waals surface area contributed by atoms with E-state index in [2.05, 4.69) is 13.2 Å². The first-order valence-electron chi connectivity index (χ1n) is 44.0. The molecule has 10 atom stereocenters. The van der Waals surface area contributed by atoms with Gasteiger partial charge in [-0.2, -0.15) is 0 Å². The molecule has 2 N–H and O–H groups in total. The summed E-state index contributed by atoms with van der Waals surface area (Å²) in [6.07, 6.45) is -4.27. The second kappa shape index (κ2) is 53.1. The van der Waals surface area contributed by atoms with E-state index >= 15 is 0 Å². The van der Waals surface area contributed by atoms with Crippen LogP contribution >= 0.6 is 16.9 Å². The number of ether oxygens (including phenoxy) is 12. The first-order chi connectivity index (χ1) is 60.0. The third kappa shape index (κ3) is 51.7. The predicted molar refractivity (Wildman–Crippen MR) is 512 cm³/mol. The summed E-state index contributed by atoms with van der Waals surface area (Å²) in [6.45, 7) is 71.2. The third-order valence-corrected chi connectivity index (χ3v) is 17.0. The van der Waals surface area contributed by atoms with Crippen molar-refractivity contribution < 1.29 is 174 Å². The molecule has 6 aliphatic rings. The van der Waals surface area contributed by atoms with E-state index in [9.17, 15) is 86.9 Å². The van der Waals surface area contributed by atoms with Gasteiger partial charge < -0.3 is 76.9 Å². The molecule has 44 heteroatoms. The molecule has 0 spiro atoms. The number of halogens is 3. The van der Waals surface area contributed by atoms with Crippen LogP contribution in [0.1, 0.15) is 263 Å². The Hall–Kier alpha value is -6.67. The van der Waals surface area contributed by atoms with Crippen molar-refractivity contribution >= 4 is 150 Å². The van der Waals surface area contributed by atoms with E-state index in [0.717, 1.165) is 19.6 Å². The van der Waals surface area contributed by atoms with E-state index < -0.39 is 231 Å². The predicted octanol–water partition coefficient (Wildman–Crippen LogP) is 12.8. The molecule has 0 aromatic carbocycles. The quantitative estimate of drug-likeness (QED) is 0.0711. The second-order valence-electron chi connectivity index (χ2n) is 45.2. The minimum atomic E-state index is -2.24. The van der Waals surface area contributed by atoms with Crippen LogP contribution in [0.4, 0.5) is 28.8 Å². The van der Waals surface area contributed by atoms with E-state index in [4.69, 9.17) is 73.7 Å². The zero-order chi connectivity index (χ0) is 107. The number of aliphatic hydroxyl groups is 2. The van der Waals surface area contributed by atoms with Gasteiger partial charge in [-0.05, 0) is 269 Å². The summed E-state index contributed by atoms with van der Waals surface area (Å²) in [4.78, 5) is 206. The van der Waals surface area contributed by atoms with E-state index in [1.54, 1.807) is 281 Å². The monoisotopic (exact) mass is 2140 g/mol. The van der Waals surface area contributed by atoms with Crippen LogP contribution in [-0.4, -0.2) is 373 Å². The fraction of sp³-hybridized carbons (Fsp3) is 0.763. The Morgan fingerprint density at radius 2 is 0.664 bits per heavy atom. The Kier molecular flexibility index (Phi) is 52.1. The van der Waals surface area contributed by atoms with E-state index in [-0.39, 0.29) is 124 Å². The van der Waals surface area contributed by atoms with Gasteiger partial charge in [-0.3, -0.25) is 48.6 Å². The van der Waals surface area contributed by atoms with Crippen molar-refractivity contribution in [2.45, 2.75) is 378 Å². The van der Waals surface area contributed by atoms with Crippen LogP contribution < -0.4 is 0 Å². The molecule has 6 saturated heterocycles. The van der Waals surface area contributed by atoms with Crippen LogP contribution in [0.5, 0.6) is 0 Å². The van der Waals surface area contributed by atoms with E-state index in [1.807, 2.05) is 19.0 Å². The van der Waals surface area contributed by atoms with Crippen molar-refractivity contribution in [3.05, 3.63) is 36.1 Å². The molecule has 6 fully saturated rings. The fourth-order valence-electron chi connectivity index (χ4n) is 12.4. The van der Waals surface area contributed by atoms with Crippen molar-refractivity contribution in [2.24, 2.45) is 11.8 Å². The van der Waals surface area contributed by atoms with Gasteiger partial charge in [0.05, 0.1) is 57.4 Å². The van der Waals surface area contributed by atoms with Crippen molar-refractivity contribution in [1.82, 2.24) is 39.2 Å². The number of hydrogen-bond acceptors (Lipinski definition) is 32. The van der Waals surface area contributed by atoms with Gasteiger partial charge in [-0.1, -0.05) is 20.1 Å². The topological polar surface area (TPSA) is 450 Å². The fourth-order valence-corrected chi connectivity index (χ4v) is 12.4. The van der Waals surface area contributed by atoms with Gasteiger partial charge in [0.25, 0.3) is 0 Å². The Morgan fingerprint density at radius 3 is 1.01 bits per heavy atom. The Labute approximate surface area is 857 Å². The number of amides is 6. The number of rotatable bonds is 9. The molecular formula is C93H156BCeCl3N8NaO30. The molecule has 0 aromatic heterocycles. The van der Waals surface area contributed by atoms with Gasteiger partial charge in [0.2, 0.25) is 0 Å². The molecule has 6 rings (SSSR count). The molecular weight excluding hydrogens is 1990 g/mol. The maximum atomic E-state index is 12.6. The van der Waals surface area contributed by atoms with Crippen LogP contribution in [-0.2, 0) is 105 Å². The molecule has 4 radical (unpaired) electrons. The Balaban J connectivity index is -0.00000156. The number of hydrogen-bond donors (Lipinski definition) is 2.